The minimum atomic E-state index is -0.144. The van der Waals surface area contributed by atoms with Crippen molar-refractivity contribution in [1.29, 1.82) is 0 Å². The Bertz CT molecular complexity index is 269. The first-order chi connectivity index (χ1) is 5.77. The lowest BCUT2D eigenvalue weighted by molar-refractivity contribution is 0.164. The second-order valence-electron chi connectivity index (χ2n) is 3.55. The number of aromatic nitrogens is 2. The molecule has 2 unspecified atom stereocenters. The predicted molar refractivity (Wildman–Crippen MR) is 45.8 cm³/mol. The van der Waals surface area contributed by atoms with E-state index in [-0.39, 0.29) is 6.10 Å². The van der Waals surface area contributed by atoms with Gasteiger partial charge in [0.15, 0.2) is 0 Å². The van der Waals surface area contributed by atoms with Gasteiger partial charge in [-0.3, -0.25) is 4.68 Å². The number of aryl methyl sites for hydroxylation is 1. The predicted octanol–water partition coefficient (Wildman–Crippen LogP) is 1.05. The van der Waals surface area contributed by atoms with E-state index in [2.05, 4.69) is 5.10 Å². The Labute approximate surface area is 72.0 Å². The Morgan fingerprint density at radius 3 is 2.92 bits per heavy atom. The number of hydrogen-bond donors (Lipinski definition) is 1. The van der Waals surface area contributed by atoms with Crippen LogP contribution in [-0.2, 0) is 7.05 Å². The zero-order chi connectivity index (χ0) is 8.55. The van der Waals surface area contributed by atoms with Crippen LogP contribution in [0.25, 0.3) is 0 Å². The van der Waals surface area contributed by atoms with E-state index in [0.717, 1.165) is 19.3 Å². The molecular weight excluding hydrogens is 152 g/mol. The highest BCUT2D eigenvalue weighted by Gasteiger charge is 2.27. The molecule has 0 aliphatic heterocycles. The highest BCUT2D eigenvalue weighted by atomic mass is 16.3. The molecule has 12 heavy (non-hydrogen) atoms. The topological polar surface area (TPSA) is 38.0 Å². The van der Waals surface area contributed by atoms with Crippen LogP contribution in [0.4, 0.5) is 0 Å². The van der Waals surface area contributed by atoms with Gasteiger partial charge in [0.05, 0.1) is 12.3 Å². The third-order valence-electron chi connectivity index (χ3n) is 2.63. The molecule has 0 aromatic carbocycles. The molecule has 1 fully saturated rings. The smallest absolute Gasteiger partial charge is 0.0609 e. The molecule has 1 aliphatic carbocycles. The van der Waals surface area contributed by atoms with Gasteiger partial charge in [0.25, 0.3) is 0 Å². The Balaban J connectivity index is 2.19. The molecule has 1 saturated carbocycles. The Morgan fingerprint density at radius 1 is 1.58 bits per heavy atom. The molecule has 0 radical (unpaired) electrons. The Kier molecular flexibility index (Phi) is 1.89. The van der Waals surface area contributed by atoms with Crippen molar-refractivity contribution in [3.8, 4) is 0 Å². The molecule has 0 spiro atoms. The molecule has 1 aliphatic rings. The van der Waals surface area contributed by atoms with Gasteiger partial charge in [-0.25, -0.2) is 0 Å². The molecule has 2 rings (SSSR count). The highest BCUT2D eigenvalue weighted by molar-refractivity contribution is 5.14. The van der Waals surface area contributed by atoms with Crippen molar-refractivity contribution in [1.82, 2.24) is 9.78 Å². The fourth-order valence-electron chi connectivity index (χ4n) is 1.96. The van der Waals surface area contributed by atoms with Crippen LogP contribution in [0, 0.1) is 0 Å². The third-order valence-corrected chi connectivity index (χ3v) is 2.63. The number of aliphatic hydroxyl groups excluding tert-OH is 1. The molecule has 1 aromatic rings. The molecule has 1 aromatic heterocycles. The van der Waals surface area contributed by atoms with Gasteiger partial charge in [0.1, 0.15) is 0 Å². The zero-order valence-electron chi connectivity index (χ0n) is 7.27. The van der Waals surface area contributed by atoms with Crippen molar-refractivity contribution in [2.45, 2.75) is 31.3 Å². The van der Waals surface area contributed by atoms with Crippen LogP contribution in [0.2, 0.25) is 0 Å². The van der Waals surface area contributed by atoms with E-state index in [9.17, 15) is 5.11 Å². The first kappa shape index (κ1) is 7.80. The van der Waals surface area contributed by atoms with Crippen molar-refractivity contribution >= 4 is 0 Å². The van der Waals surface area contributed by atoms with Crippen molar-refractivity contribution in [3.63, 3.8) is 0 Å². The van der Waals surface area contributed by atoms with E-state index < -0.39 is 0 Å². The molecule has 3 heteroatoms. The average Bonchev–Trinajstić information content (AvgIpc) is 2.58. The number of rotatable bonds is 1. The van der Waals surface area contributed by atoms with Crippen molar-refractivity contribution in [2.75, 3.05) is 0 Å². The van der Waals surface area contributed by atoms with Gasteiger partial charge in [0.2, 0.25) is 0 Å². The molecule has 1 N–H and O–H groups in total. The lowest BCUT2D eigenvalue weighted by Gasteiger charge is -2.10. The number of hydrogen-bond acceptors (Lipinski definition) is 2. The van der Waals surface area contributed by atoms with Gasteiger partial charge in [-0.2, -0.15) is 5.10 Å². The lowest BCUT2D eigenvalue weighted by Crippen LogP contribution is -2.10. The number of nitrogens with zero attached hydrogens (tertiary/aromatic N) is 2. The fourth-order valence-corrected chi connectivity index (χ4v) is 1.96. The van der Waals surface area contributed by atoms with Crippen LogP contribution in [0.15, 0.2) is 12.4 Å². The lowest BCUT2D eigenvalue weighted by atomic mass is 9.99. The minimum Gasteiger partial charge on any atom is -0.392 e. The van der Waals surface area contributed by atoms with Crippen molar-refractivity contribution in [3.05, 3.63) is 18.0 Å². The van der Waals surface area contributed by atoms with Crippen molar-refractivity contribution in [2.24, 2.45) is 7.05 Å². The summed E-state index contributed by atoms with van der Waals surface area (Å²) in [6.07, 6.45) is 6.90. The second-order valence-corrected chi connectivity index (χ2v) is 3.55. The maximum atomic E-state index is 9.61. The Hall–Kier alpha value is -0.830. The summed E-state index contributed by atoms with van der Waals surface area (Å²) in [5, 5.41) is 13.7. The molecule has 0 saturated heterocycles. The zero-order valence-corrected chi connectivity index (χ0v) is 7.27. The summed E-state index contributed by atoms with van der Waals surface area (Å²) in [6, 6.07) is 0. The van der Waals surface area contributed by atoms with Gasteiger partial charge in [-0.1, -0.05) is 6.42 Å². The second kappa shape index (κ2) is 2.90. The minimum absolute atomic E-state index is 0.144. The van der Waals surface area contributed by atoms with Gasteiger partial charge < -0.3 is 5.11 Å². The largest absolute Gasteiger partial charge is 0.392 e. The van der Waals surface area contributed by atoms with Crippen LogP contribution < -0.4 is 0 Å². The van der Waals surface area contributed by atoms with E-state index >= 15 is 0 Å². The monoisotopic (exact) mass is 166 g/mol. The molecule has 2 atom stereocenters. The van der Waals surface area contributed by atoms with Crippen molar-refractivity contribution < 1.29 is 5.11 Å². The van der Waals surface area contributed by atoms with Crippen LogP contribution >= 0.6 is 0 Å². The summed E-state index contributed by atoms with van der Waals surface area (Å²) < 4.78 is 1.79. The van der Waals surface area contributed by atoms with E-state index in [1.54, 1.807) is 4.68 Å². The normalized spacial score (nSPS) is 29.5. The first-order valence-corrected chi connectivity index (χ1v) is 4.44. The maximum absolute atomic E-state index is 9.61. The SMILES string of the molecule is Cn1cc(C2CCCC2O)cn1. The maximum Gasteiger partial charge on any atom is 0.0609 e. The van der Waals surface area contributed by atoms with Gasteiger partial charge in [0, 0.05) is 19.2 Å². The summed E-state index contributed by atoms with van der Waals surface area (Å²) in [5.74, 6) is 0.332. The third kappa shape index (κ3) is 1.25. The van der Waals surface area contributed by atoms with Crippen LogP contribution in [-0.4, -0.2) is 21.0 Å². The standard InChI is InChI=1S/C9H14N2O/c1-11-6-7(5-10-11)8-3-2-4-9(8)12/h5-6,8-9,12H,2-4H2,1H3. The summed E-state index contributed by atoms with van der Waals surface area (Å²) in [7, 11) is 1.91. The van der Waals surface area contributed by atoms with Crippen LogP contribution in [0.3, 0.4) is 0 Å². The first-order valence-electron chi connectivity index (χ1n) is 4.44. The van der Waals surface area contributed by atoms with Gasteiger partial charge >= 0.3 is 0 Å². The molecule has 66 valence electrons. The summed E-state index contributed by atoms with van der Waals surface area (Å²) in [4.78, 5) is 0. The molecule has 0 amide bonds. The summed E-state index contributed by atoms with van der Waals surface area (Å²) in [6.45, 7) is 0. The van der Waals surface area contributed by atoms with E-state index in [4.69, 9.17) is 0 Å². The quantitative estimate of drug-likeness (QED) is 0.677. The van der Waals surface area contributed by atoms with Crippen LogP contribution in [0.1, 0.15) is 30.7 Å². The van der Waals surface area contributed by atoms with E-state index in [1.807, 2.05) is 19.4 Å². The van der Waals surface area contributed by atoms with E-state index in [0.29, 0.717) is 5.92 Å². The number of aliphatic hydroxyl groups is 1. The van der Waals surface area contributed by atoms with Gasteiger partial charge in [-0.05, 0) is 18.4 Å². The molecular formula is C9H14N2O. The van der Waals surface area contributed by atoms with E-state index in [1.165, 1.54) is 5.56 Å². The Morgan fingerprint density at radius 2 is 2.42 bits per heavy atom. The molecule has 3 nitrogen and oxygen atoms in total. The highest BCUT2D eigenvalue weighted by Crippen LogP contribution is 2.33. The fraction of sp³-hybridized carbons (Fsp3) is 0.667. The van der Waals surface area contributed by atoms with Gasteiger partial charge in [-0.15, -0.1) is 0 Å². The van der Waals surface area contributed by atoms with Crippen LogP contribution in [0.5, 0.6) is 0 Å². The summed E-state index contributed by atoms with van der Waals surface area (Å²) in [5.41, 5.74) is 1.18. The molecule has 1 heterocycles. The average molecular weight is 166 g/mol. The summed E-state index contributed by atoms with van der Waals surface area (Å²) >= 11 is 0. The molecule has 0 bridgehead atoms.